The first-order chi connectivity index (χ1) is 5.41. The Morgan fingerprint density at radius 2 is 2.00 bits per heavy atom. The molecule has 2 bridgehead atoms. The lowest BCUT2D eigenvalue weighted by atomic mass is 9.70. The van der Waals surface area contributed by atoms with Gasteiger partial charge in [0.1, 0.15) is 0 Å². The molecule has 3 atom stereocenters. The van der Waals surface area contributed by atoms with Gasteiger partial charge in [0.05, 0.1) is 5.38 Å². The Morgan fingerprint density at radius 3 is 2.25 bits per heavy atom. The summed E-state index contributed by atoms with van der Waals surface area (Å²) in [5.74, 6) is 0.696. The quantitative estimate of drug-likeness (QED) is 0.532. The van der Waals surface area contributed by atoms with E-state index < -0.39 is 0 Å². The van der Waals surface area contributed by atoms with Crippen molar-refractivity contribution >= 4 is 17.4 Å². The summed E-state index contributed by atoms with van der Waals surface area (Å²) in [6.07, 6.45) is 2.16. The molecule has 2 rings (SSSR count). The number of carbonyl (C=O) groups excluding carboxylic acids is 1. The SMILES string of the molecule is CC1(C)[C@H]2CC[C@]1(C)C(=O)[C@H]2Cl. The molecule has 0 heterocycles. The number of carbonyl (C=O) groups is 1. The maximum Gasteiger partial charge on any atom is 0.157 e. The average molecular weight is 187 g/mol. The smallest absolute Gasteiger partial charge is 0.157 e. The van der Waals surface area contributed by atoms with Crippen LogP contribution in [0.1, 0.15) is 33.6 Å². The summed E-state index contributed by atoms with van der Waals surface area (Å²) in [7, 11) is 0. The van der Waals surface area contributed by atoms with Crippen LogP contribution >= 0.6 is 11.6 Å². The van der Waals surface area contributed by atoms with Crippen molar-refractivity contribution in [3.05, 3.63) is 0 Å². The first-order valence-corrected chi connectivity index (χ1v) is 5.03. The normalized spacial score (nSPS) is 50.2. The fraction of sp³-hybridized carbons (Fsp3) is 0.900. The second-order valence-electron chi connectivity index (χ2n) is 4.96. The molecule has 0 aromatic heterocycles. The van der Waals surface area contributed by atoms with Crippen molar-refractivity contribution < 1.29 is 4.79 Å². The zero-order chi connectivity index (χ0) is 9.15. The molecule has 0 unspecified atom stereocenters. The van der Waals surface area contributed by atoms with E-state index in [9.17, 15) is 4.79 Å². The van der Waals surface area contributed by atoms with Crippen LogP contribution in [0.4, 0.5) is 0 Å². The van der Waals surface area contributed by atoms with E-state index in [0.717, 1.165) is 12.8 Å². The lowest BCUT2D eigenvalue weighted by Gasteiger charge is -2.32. The van der Waals surface area contributed by atoms with Gasteiger partial charge in [-0.15, -0.1) is 11.6 Å². The summed E-state index contributed by atoms with van der Waals surface area (Å²) in [6, 6.07) is 0. The van der Waals surface area contributed by atoms with Crippen molar-refractivity contribution in [1.29, 1.82) is 0 Å². The van der Waals surface area contributed by atoms with Gasteiger partial charge in [0.15, 0.2) is 5.78 Å². The van der Waals surface area contributed by atoms with Crippen LogP contribution < -0.4 is 0 Å². The van der Waals surface area contributed by atoms with Gasteiger partial charge in [-0.25, -0.2) is 0 Å². The molecule has 0 saturated heterocycles. The summed E-state index contributed by atoms with van der Waals surface area (Å²) >= 11 is 6.08. The number of Topliss-reactive ketones (excluding diaryl/α,β-unsaturated/α-hetero) is 1. The van der Waals surface area contributed by atoms with Crippen LogP contribution in [0.5, 0.6) is 0 Å². The summed E-state index contributed by atoms with van der Waals surface area (Å²) in [6.45, 7) is 6.45. The highest BCUT2D eigenvalue weighted by Gasteiger charge is 2.65. The molecule has 0 aromatic rings. The minimum absolute atomic E-state index is 0.122. The van der Waals surface area contributed by atoms with Gasteiger partial charge >= 0.3 is 0 Å². The third-order valence-electron chi connectivity index (χ3n) is 4.45. The van der Waals surface area contributed by atoms with Gasteiger partial charge in [-0.2, -0.15) is 0 Å². The van der Waals surface area contributed by atoms with Gasteiger partial charge in [0, 0.05) is 5.41 Å². The molecule has 68 valence electrons. The zero-order valence-corrected chi connectivity index (χ0v) is 8.61. The van der Waals surface area contributed by atoms with Crippen LogP contribution in [-0.2, 0) is 4.79 Å². The third-order valence-corrected chi connectivity index (χ3v) is 4.95. The largest absolute Gasteiger partial charge is 0.297 e. The van der Waals surface area contributed by atoms with Gasteiger partial charge in [-0.3, -0.25) is 4.79 Å². The van der Waals surface area contributed by atoms with Crippen molar-refractivity contribution in [3.63, 3.8) is 0 Å². The van der Waals surface area contributed by atoms with E-state index in [4.69, 9.17) is 11.6 Å². The third kappa shape index (κ3) is 0.654. The number of fused-ring (bicyclic) bond motifs is 2. The summed E-state index contributed by atoms with van der Waals surface area (Å²) in [5, 5.41) is -0.209. The minimum Gasteiger partial charge on any atom is -0.297 e. The monoisotopic (exact) mass is 186 g/mol. The van der Waals surface area contributed by atoms with Crippen LogP contribution in [0.15, 0.2) is 0 Å². The second kappa shape index (κ2) is 2.06. The maximum absolute atomic E-state index is 11.8. The molecule has 0 amide bonds. The Labute approximate surface area is 78.5 Å². The van der Waals surface area contributed by atoms with Crippen molar-refractivity contribution in [2.75, 3.05) is 0 Å². The molecule has 2 fully saturated rings. The summed E-state index contributed by atoms with van der Waals surface area (Å²) in [5.41, 5.74) is -0.0133. The molecular weight excluding hydrogens is 172 g/mol. The van der Waals surface area contributed by atoms with Crippen molar-refractivity contribution in [2.24, 2.45) is 16.7 Å². The fourth-order valence-electron chi connectivity index (χ4n) is 2.98. The molecule has 12 heavy (non-hydrogen) atoms. The Balaban J connectivity index is 2.50. The highest BCUT2D eigenvalue weighted by atomic mass is 35.5. The van der Waals surface area contributed by atoms with Gasteiger partial charge in [0.2, 0.25) is 0 Å². The van der Waals surface area contributed by atoms with Crippen LogP contribution in [-0.4, -0.2) is 11.2 Å². The predicted octanol–water partition coefficient (Wildman–Crippen LogP) is 2.62. The van der Waals surface area contributed by atoms with Crippen molar-refractivity contribution in [1.82, 2.24) is 0 Å². The van der Waals surface area contributed by atoms with Crippen molar-refractivity contribution in [2.45, 2.75) is 39.0 Å². The number of ketones is 1. The minimum atomic E-state index is -0.209. The molecule has 1 nitrogen and oxygen atoms in total. The van der Waals surface area contributed by atoms with Crippen molar-refractivity contribution in [3.8, 4) is 0 Å². The molecule has 0 aromatic carbocycles. The molecule has 2 saturated carbocycles. The number of rotatable bonds is 0. The Bertz CT molecular complexity index is 246. The number of alkyl halides is 1. The number of hydrogen-bond acceptors (Lipinski definition) is 1. The van der Waals surface area contributed by atoms with Gasteiger partial charge in [-0.05, 0) is 24.2 Å². The molecule has 2 aliphatic rings. The van der Waals surface area contributed by atoms with Crippen LogP contribution in [0, 0.1) is 16.7 Å². The fourth-order valence-corrected chi connectivity index (χ4v) is 3.66. The highest BCUT2D eigenvalue weighted by Crippen LogP contribution is 2.64. The Hall–Kier alpha value is -0.0400. The lowest BCUT2D eigenvalue weighted by molar-refractivity contribution is -0.127. The van der Waals surface area contributed by atoms with E-state index in [1.165, 1.54) is 0 Å². The van der Waals surface area contributed by atoms with Gasteiger partial charge < -0.3 is 0 Å². The molecule has 2 heteroatoms. The molecular formula is C10H15ClO. The highest BCUT2D eigenvalue weighted by molar-refractivity contribution is 6.33. The average Bonchev–Trinajstić information content (AvgIpc) is 2.26. The first-order valence-electron chi connectivity index (χ1n) is 4.59. The first kappa shape index (κ1) is 8.55. The van der Waals surface area contributed by atoms with E-state index in [1.807, 2.05) is 0 Å². The molecule has 0 spiro atoms. The maximum atomic E-state index is 11.8. The van der Waals surface area contributed by atoms with Crippen LogP contribution in [0.3, 0.4) is 0 Å². The Kier molecular flexibility index (Phi) is 1.47. The van der Waals surface area contributed by atoms with Crippen LogP contribution in [0.2, 0.25) is 0 Å². The number of hydrogen-bond donors (Lipinski definition) is 0. The second-order valence-corrected chi connectivity index (χ2v) is 5.44. The molecule has 0 N–H and O–H groups in total. The lowest BCUT2D eigenvalue weighted by Crippen LogP contribution is -2.33. The Morgan fingerprint density at radius 1 is 1.42 bits per heavy atom. The zero-order valence-electron chi connectivity index (χ0n) is 7.86. The topological polar surface area (TPSA) is 17.1 Å². The predicted molar refractivity (Wildman–Crippen MR) is 49.3 cm³/mol. The van der Waals surface area contributed by atoms with Crippen LogP contribution in [0.25, 0.3) is 0 Å². The molecule has 0 aliphatic heterocycles. The van der Waals surface area contributed by atoms with E-state index in [-0.39, 0.29) is 22.0 Å². The van der Waals surface area contributed by atoms with E-state index in [0.29, 0.717) is 5.92 Å². The van der Waals surface area contributed by atoms with E-state index >= 15 is 0 Å². The summed E-state index contributed by atoms with van der Waals surface area (Å²) in [4.78, 5) is 11.8. The summed E-state index contributed by atoms with van der Waals surface area (Å²) < 4.78 is 0. The molecule has 2 aliphatic carbocycles. The molecule has 0 radical (unpaired) electrons. The standard InChI is InChI=1S/C10H15ClO/c1-9(2)6-4-5-10(9,3)8(12)7(6)11/h6-7H,4-5H2,1-3H3/t6-,7-,10+/m0/s1. The van der Waals surface area contributed by atoms with Gasteiger partial charge in [0.25, 0.3) is 0 Å². The van der Waals surface area contributed by atoms with Gasteiger partial charge in [-0.1, -0.05) is 20.8 Å². The van der Waals surface area contributed by atoms with E-state index in [1.54, 1.807) is 0 Å². The number of halogens is 1. The van der Waals surface area contributed by atoms with E-state index in [2.05, 4.69) is 20.8 Å².